The van der Waals surface area contributed by atoms with Gasteiger partial charge in [0.25, 0.3) is 0 Å². The standard InChI is InChI=1S/C12H16N2O4S/c15-12(16)10-14(11-6-2-1-3-7-11)19(17,18)13-8-4-5-9-13/h1-3,6-7H,4-5,8-10H2,(H,15,16). The SMILES string of the molecule is O=C(O)CN(c1ccccc1)S(=O)(=O)N1CCCC1. The number of para-hydroxylation sites is 1. The molecule has 6 nitrogen and oxygen atoms in total. The van der Waals surface area contributed by atoms with Gasteiger partial charge >= 0.3 is 16.2 Å². The van der Waals surface area contributed by atoms with E-state index in [9.17, 15) is 13.2 Å². The van der Waals surface area contributed by atoms with Gasteiger partial charge < -0.3 is 5.11 Å². The molecule has 0 unspecified atom stereocenters. The summed E-state index contributed by atoms with van der Waals surface area (Å²) in [4.78, 5) is 10.9. The third kappa shape index (κ3) is 3.05. The van der Waals surface area contributed by atoms with Crippen molar-refractivity contribution in [3.05, 3.63) is 30.3 Å². The average Bonchev–Trinajstić information content (AvgIpc) is 2.91. The first-order chi connectivity index (χ1) is 9.01. The predicted molar refractivity (Wildman–Crippen MR) is 71.2 cm³/mol. The summed E-state index contributed by atoms with van der Waals surface area (Å²) in [5.74, 6) is -1.17. The van der Waals surface area contributed by atoms with Crippen molar-refractivity contribution in [2.45, 2.75) is 12.8 Å². The maximum atomic E-state index is 12.5. The van der Waals surface area contributed by atoms with Gasteiger partial charge in [0.05, 0.1) is 5.69 Å². The van der Waals surface area contributed by atoms with Crippen molar-refractivity contribution in [2.75, 3.05) is 23.9 Å². The van der Waals surface area contributed by atoms with E-state index < -0.39 is 22.7 Å². The zero-order valence-electron chi connectivity index (χ0n) is 10.4. The third-order valence-electron chi connectivity index (χ3n) is 2.99. The summed E-state index contributed by atoms with van der Waals surface area (Å²) < 4.78 is 27.2. The van der Waals surface area contributed by atoms with Crippen LogP contribution >= 0.6 is 0 Å². The van der Waals surface area contributed by atoms with Gasteiger partial charge in [-0.1, -0.05) is 18.2 Å². The van der Waals surface area contributed by atoms with Gasteiger partial charge in [0.2, 0.25) is 0 Å². The maximum absolute atomic E-state index is 12.5. The Labute approximate surface area is 112 Å². The van der Waals surface area contributed by atoms with Gasteiger partial charge in [0.15, 0.2) is 0 Å². The second-order valence-corrected chi connectivity index (χ2v) is 6.20. The van der Waals surface area contributed by atoms with Crippen LogP contribution in [-0.2, 0) is 15.0 Å². The first kappa shape index (κ1) is 13.8. The molecule has 1 aromatic rings. The lowest BCUT2D eigenvalue weighted by atomic mass is 10.3. The molecule has 1 aromatic carbocycles. The molecule has 0 atom stereocenters. The molecule has 2 rings (SSSR count). The van der Waals surface area contributed by atoms with Crippen molar-refractivity contribution in [3.63, 3.8) is 0 Å². The number of carboxylic acids is 1. The molecule has 1 saturated heterocycles. The van der Waals surface area contributed by atoms with Crippen LogP contribution in [0.25, 0.3) is 0 Å². The fraction of sp³-hybridized carbons (Fsp3) is 0.417. The van der Waals surface area contributed by atoms with Crippen molar-refractivity contribution in [3.8, 4) is 0 Å². The van der Waals surface area contributed by atoms with Crippen molar-refractivity contribution in [1.29, 1.82) is 0 Å². The quantitative estimate of drug-likeness (QED) is 0.872. The van der Waals surface area contributed by atoms with Crippen LogP contribution in [0.4, 0.5) is 5.69 Å². The zero-order chi connectivity index (χ0) is 13.9. The summed E-state index contributed by atoms with van der Waals surface area (Å²) in [7, 11) is -3.76. The summed E-state index contributed by atoms with van der Waals surface area (Å²) in [6.45, 7) is 0.333. The third-order valence-corrected chi connectivity index (χ3v) is 4.91. The number of aliphatic carboxylic acids is 1. The highest BCUT2D eigenvalue weighted by Crippen LogP contribution is 2.22. The zero-order valence-corrected chi connectivity index (χ0v) is 11.2. The molecule has 0 radical (unpaired) electrons. The second kappa shape index (κ2) is 5.58. The smallest absolute Gasteiger partial charge is 0.324 e. The van der Waals surface area contributed by atoms with Crippen LogP contribution in [0.5, 0.6) is 0 Å². The van der Waals surface area contributed by atoms with Crippen LogP contribution in [0.2, 0.25) is 0 Å². The van der Waals surface area contributed by atoms with Crippen molar-refractivity contribution < 1.29 is 18.3 Å². The Morgan fingerprint density at radius 2 is 1.79 bits per heavy atom. The Morgan fingerprint density at radius 1 is 1.21 bits per heavy atom. The summed E-state index contributed by atoms with van der Waals surface area (Å²) in [5.41, 5.74) is 0.372. The highest BCUT2D eigenvalue weighted by molar-refractivity contribution is 7.90. The van der Waals surface area contributed by atoms with E-state index in [1.165, 1.54) is 4.31 Å². The van der Waals surface area contributed by atoms with Gasteiger partial charge in [0.1, 0.15) is 6.54 Å². The van der Waals surface area contributed by atoms with Gasteiger partial charge in [0, 0.05) is 13.1 Å². The van der Waals surface area contributed by atoms with Gasteiger partial charge in [-0.3, -0.25) is 4.79 Å². The molecule has 1 aliphatic heterocycles. The fourth-order valence-corrected chi connectivity index (χ4v) is 3.74. The van der Waals surface area contributed by atoms with Crippen LogP contribution in [0, 0.1) is 0 Å². The lowest BCUT2D eigenvalue weighted by Gasteiger charge is -2.27. The number of carboxylic acid groups (broad SMARTS) is 1. The molecule has 0 aromatic heterocycles. The van der Waals surface area contributed by atoms with E-state index in [-0.39, 0.29) is 0 Å². The summed E-state index contributed by atoms with van der Waals surface area (Å²) in [6.07, 6.45) is 1.63. The fourth-order valence-electron chi connectivity index (χ4n) is 2.08. The summed E-state index contributed by atoms with van der Waals surface area (Å²) >= 11 is 0. The highest BCUT2D eigenvalue weighted by Gasteiger charge is 2.33. The minimum atomic E-state index is -3.76. The van der Waals surface area contributed by atoms with E-state index >= 15 is 0 Å². The lowest BCUT2D eigenvalue weighted by molar-refractivity contribution is -0.135. The normalized spacial score (nSPS) is 16.4. The Bertz CT molecular complexity index is 538. The molecule has 104 valence electrons. The molecule has 1 fully saturated rings. The number of anilines is 1. The van der Waals surface area contributed by atoms with Crippen LogP contribution in [0.15, 0.2) is 30.3 Å². The average molecular weight is 284 g/mol. The molecular weight excluding hydrogens is 268 g/mol. The van der Waals surface area contributed by atoms with E-state index in [4.69, 9.17) is 5.11 Å². The molecule has 19 heavy (non-hydrogen) atoms. The minimum Gasteiger partial charge on any atom is -0.480 e. The largest absolute Gasteiger partial charge is 0.480 e. The van der Waals surface area contributed by atoms with Gasteiger partial charge in [-0.15, -0.1) is 0 Å². The maximum Gasteiger partial charge on any atom is 0.324 e. The van der Waals surface area contributed by atoms with E-state index in [2.05, 4.69) is 0 Å². The Hall–Kier alpha value is -1.60. The van der Waals surface area contributed by atoms with Gasteiger partial charge in [-0.05, 0) is 25.0 Å². The van der Waals surface area contributed by atoms with E-state index in [0.29, 0.717) is 18.8 Å². The van der Waals surface area contributed by atoms with Crippen molar-refractivity contribution in [1.82, 2.24) is 4.31 Å². The molecule has 7 heteroatoms. The molecule has 0 spiro atoms. The molecule has 0 bridgehead atoms. The highest BCUT2D eigenvalue weighted by atomic mass is 32.2. The van der Waals surface area contributed by atoms with Crippen LogP contribution in [0.3, 0.4) is 0 Å². The van der Waals surface area contributed by atoms with Crippen molar-refractivity contribution >= 4 is 21.9 Å². The number of hydrogen-bond donors (Lipinski definition) is 1. The molecule has 0 saturated carbocycles. The number of benzene rings is 1. The molecule has 0 aliphatic carbocycles. The number of nitrogens with zero attached hydrogens (tertiary/aromatic N) is 2. The molecule has 1 N–H and O–H groups in total. The Balaban J connectivity index is 2.34. The molecule has 0 amide bonds. The van der Waals surface area contributed by atoms with E-state index in [1.807, 2.05) is 0 Å². The first-order valence-electron chi connectivity index (χ1n) is 6.06. The number of rotatable bonds is 5. The lowest BCUT2D eigenvalue weighted by Crippen LogP contribution is -2.45. The van der Waals surface area contributed by atoms with Gasteiger partial charge in [-0.25, -0.2) is 4.31 Å². The summed E-state index contributed by atoms with van der Waals surface area (Å²) in [5, 5.41) is 8.93. The Kier molecular flexibility index (Phi) is 4.06. The van der Waals surface area contributed by atoms with E-state index in [0.717, 1.165) is 17.1 Å². The topological polar surface area (TPSA) is 77.9 Å². The van der Waals surface area contributed by atoms with Crippen molar-refractivity contribution in [2.24, 2.45) is 0 Å². The minimum absolute atomic E-state index is 0.372. The first-order valence-corrected chi connectivity index (χ1v) is 7.46. The van der Waals surface area contributed by atoms with Crippen LogP contribution in [-0.4, -0.2) is 43.4 Å². The number of carbonyl (C=O) groups is 1. The Morgan fingerprint density at radius 3 is 2.32 bits per heavy atom. The van der Waals surface area contributed by atoms with Crippen LogP contribution < -0.4 is 4.31 Å². The van der Waals surface area contributed by atoms with Gasteiger partial charge in [-0.2, -0.15) is 12.7 Å². The molecular formula is C12H16N2O4S. The van der Waals surface area contributed by atoms with E-state index in [1.54, 1.807) is 30.3 Å². The predicted octanol–water partition coefficient (Wildman–Crippen LogP) is 0.918. The monoisotopic (exact) mass is 284 g/mol. The van der Waals surface area contributed by atoms with Crippen LogP contribution in [0.1, 0.15) is 12.8 Å². The molecule has 1 aliphatic rings. The summed E-state index contributed by atoms with van der Waals surface area (Å²) in [6, 6.07) is 8.31. The number of hydrogen-bond acceptors (Lipinski definition) is 3. The molecule has 1 heterocycles. The second-order valence-electron chi connectivity index (χ2n) is 4.35.